The molecule has 0 radical (unpaired) electrons. The topological polar surface area (TPSA) is 29.1 Å². The highest BCUT2D eigenvalue weighted by Gasteiger charge is 2.22. The van der Waals surface area contributed by atoms with Gasteiger partial charge in [0.15, 0.2) is 0 Å². The SMILES string of the molecule is O=C1CS[C@@H](c2ccc(Cl)cc2)N1. The van der Waals surface area contributed by atoms with Crippen LogP contribution in [0.1, 0.15) is 10.9 Å². The second-order valence-electron chi connectivity index (χ2n) is 2.81. The Morgan fingerprint density at radius 2 is 2.08 bits per heavy atom. The summed E-state index contributed by atoms with van der Waals surface area (Å²) in [5.41, 5.74) is 1.10. The monoisotopic (exact) mass is 213 g/mol. The van der Waals surface area contributed by atoms with Crippen molar-refractivity contribution >= 4 is 29.3 Å². The molecule has 0 saturated carbocycles. The molecule has 1 aromatic carbocycles. The standard InChI is InChI=1S/C9H8ClNOS/c10-7-3-1-6(2-4-7)9-11-8(12)5-13-9/h1-4,9H,5H2,(H,11,12)/t9-/m0/s1. The Kier molecular flexibility index (Phi) is 2.47. The Hall–Kier alpha value is -0.670. The molecule has 1 heterocycles. The van der Waals surface area contributed by atoms with E-state index in [2.05, 4.69) is 5.32 Å². The van der Waals surface area contributed by atoms with E-state index in [-0.39, 0.29) is 11.3 Å². The van der Waals surface area contributed by atoms with Crippen molar-refractivity contribution in [3.05, 3.63) is 34.9 Å². The van der Waals surface area contributed by atoms with Gasteiger partial charge in [-0.05, 0) is 17.7 Å². The number of carbonyl (C=O) groups excluding carboxylic acids is 1. The van der Waals surface area contributed by atoms with Crippen LogP contribution in [-0.4, -0.2) is 11.7 Å². The van der Waals surface area contributed by atoms with Gasteiger partial charge < -0.3 is 5.32 Å². The van der Waals surface area contributed by atoms with Crippen molar-refractivity contribution in [1.29, 1.82) is 0 Å². The molecule has 0 aromatic heterocycles. The summed E-state index contributed by atoms with van der Waals surface area (Å²) in [4.78, 5) is 10.9. The first-order chi connectivity index (χ1) is 6.25. The van der Waals surface area contributed by atoms with E-state index in [1.807, 2.05) is 24.3 Å². The normalized spacial score (nSPS) is 21.6. The third-order valence-electron chi connectivity index (χ3n) is 1.85. The zero-order valence-electron chi connectivity index (χ0n) is 6.79. The molecule has 2 nitrogen and oxygen atoms in total. The number of hydrogen-bond acceptors (Lipinski definition) is 2. The molecule has 1 atom stereocenters. The molecule has 1 aliphatic rings. The smallest absolute Gasteiger partial charge is 0.231 e. The van der Waals surface area contributed by atoms with Gasteiger partial charge in [-0.25, -0.2) is 0 Å². The van der Waals surface area contributed by atoms with Crippen molar-refractivity contribution in [1.82, 2.24) is 5.32 Å². The molecular formula is C9H8ClNOS. The van der Waals surface area contributed by atoms with E-state index in [1.165, 1.54) is 0 Å². The maximum Gasteiger partial charge on any atom is 0.231 e. The summed E-state index contributed by atoms with van der Waals surface area (Å²) < 4.78 is 0. The van der Waals surface area contributed by atoms with Crippen LogP contribution in [0.5, 0.6) is 0 Å². The molecule has 1 amide bonds. The average Bonchev–Trinajstić information content (AvgIpc) is 2.53. The van der Waals surface area contributed by atoms with Crippen molar-refractivity contribution in [2.75, 3.05) is 5.75 Å². The third-order valence-corrected chi connectivity index (χ3v) is 3.25. The van der Waals surface area contributed by atoms with Crippen molar-refractivity contribution in [3.8, 4) is 0 Å². The second kappa shape index (κ2) is 3.60. The third kappa shape index (κ3) is 1.98. The molecular weight excluding hydrogens is 206 g/mol. The van der Waals surface area contributed by atoms with Crippen molar-refractivity contribution in [2.24, 2.45) is 0 Å². The van der Waals surface area contributed by atoms with Crippen LogP contribution in [0.15, 0.2) is 24.3 Å². The largest absolute Gasteiger partial charge is 0.339 e. The van der Waals surface area contributed by atoms with Crippen molar-refractivity contribution in [3.63, 3.8) is 0 Å². The molecule has 1 aromatic rings. The van der Waals surface area contributed by atoms with Gasteiger partial charge in [0, 0.05) is 5.02 Å². The summed E-state index contributed by atoms with van der Waals surface area (Å²) in [5, 5.41) is 3.69. The number of nitrogens with one attached hydrogen (secondary N) is 1. The van der Waals surface area contributed by atoms with E-state index in [0.717, 1.165) is 10.6 Å². The van der Waals surface area contributed by atoms with Crippen LogP contribution < -0.4 is 5.32 Å². The lowest BCUT2D eigenvalue weighted by Crippen LogP contribution is -2.18. The number of carbonyl (C=O) groups is 1. The predicted octanol–water partition coefficient (Wildman–Crippen LogP) is 2.20. The number of benzene rings is 1. The van der Waals surface area contributed by atoms with Gasteiger partial charge in [-0.3, -0.25) is 4.79 Å². The molecule has 0 bridgehead atoms. The van der Waals surface area contributed by atoms with Crippen LogP contribution >= 0.6 is 23.4 Å². The van der Waals surface area contributed by atoms with E-state index in [4.69, 9.17) is 11.6 Å². The van der Waals surface area contributed by atoms with Crippen LogP contribution in [0.3, 0.4) is 0 Å². The summed E-state index contributed by atoms with van der Waals surface area (Å²) in [6, 6.07) is 7.54. The first-order valence-corrected chi connectivity index (χ1v) is 5.35. The Morgan fingerprint density at radius 1 is 1.38 bits per heavy atom. The van der Waals surface area contributed by atoms with Gasteiger partial charge in [0.1, 0.15) is 5.37 Å². The van der Waals surface area contributed by atoms with Crippen LogP contribution in [0, 0.1) is 0 Å². The number of rotatable bonds is 1. The van der Waals surface area contributed by atoms with Crippen LogP contribution in [0.4, 0.5) is 0 Å². The Labute approximate surface area is 85.7 Å². The van der Waals surface area contributed by atoms with Gasteiger partial charge in [-0.1, -0.05) is 23.7 Å². The number of amides is 1. The van der Waals surface area contributed by atoms with E-state index in [0.29, 0.717) is 5.75 Å². The maximum absolute atomic E-state index is 10.9. The molecule has 1 N–H and O–H groups in total. The predicted molar refractivity (Wildman–Crippen MR) is 54.8 cm³/mol. The van der Waals surface area contributed by atoms with E-state index in [1.54, 1.807) is 11.8 Å². The van der Waals surface area contributed by atoms with Crippen LogP contribution in [0.2, 0.25) is 5.02 Å². The number of hydrogen-bond donors (Lipinski definition) is 1. The van der Waals surface area contributed by atoms with Crippen molar-refractivity contribution < 1.29 is 4.79 Å². The lowest BCUT2D eigenvalue weighted by atomic mass is 10.2. The van der Waals surface area contributed by atoms with Gasteiger partial charge >= 0.3 is 0 Å². The van der Waals surface area contributed by atoms with Crippen LogP contribution in [-0.2, 0) is 4.79 Å². The fourth-order valence-corrected chi connectivity index (χ4v) is 2.30. The van der Waals surface area contributed by atoms with Gasteiger partial charge in [0.05, 0.1) is 5.75 Å². The first-order valence-electron chi connectivity index (χ1n) is 3.92. The van der Waals surface area contributed by atoms with Gasteiger partial charge in [-0.2, -0.15) is 0 Å². The lowest BCUT2D eigenvalue weighted by molar-refractivity contribution is -0.118. The highest BCUT2D eigenvalue weighted by atomic mass is 35.5. The van der Waals surface area contributed by atoms with E-state index in [9.17, 15) is 4.79 Å². The van der Waals surface area contributed by atoms with Gasteiger partial charge in [0.25, 0.3) is 0 Å². The fraction of sp³-hybridized carbons (Fsp3) is 0.222. The summed E-state index contributed by atoms with van der Waals surface area (Å²) in [6.07, 6.45) is 0. The zero-order chi connectivity index (χ0) is 9.26. The van der Waals surface area contributed by atoms with Gasteiger partial charge in [-0.15, -0.1) is 11.8 Å². The highest BCUT2D eigenvalue weighted by molar-refractivity contribution is 8.00. The van der Waals surface area contributed by atoms with Crippen LogP contribution in [0.25, 0.3) is 0 Å². The first kappa shape index (κ1) is 8.91. The minimum atomic E-state index is 0.102. The quantitative estimate of drug-likeness (QED) is 0.775. The Morgan fingerprint density at radius 3 is 2.62 bits per heavy atom. The summed E-state index contributed by atoms with van der Waals surface area (Å²) in [6.45, 7) is 0. The fourth-order valence-electron chi connectivity index (χ4n) is 1.21. The number of halogens is 1. The van der Waals surface area contributed by atoms with Gasteiger partial charge in [0.2, 0.25) is 5.91 Å². The summed E-state index contributed by atoms with van der Waals surface area (Å²) in [5.74, 6) is 0.651. The summed E-state index contributed by atoms with van der Waals surface area (Å²) >= 11 is 7.36. The average molecular weight is 214 g/mol. The minimum absolute atomic E-state index is 0.102. The Bertz CT molecular complexity index is 325. The molecule has 13 heavy (non-hydrogen) atoms. The molecule has 1 fully saturated rings. The molecule has 0 aliphatic carbocycles. The zero-order valence-corrected chi connectivity index (χ0v) is 8.36. The molecule has 0 spiro atoms. The molecule has 68 valence electrons. The lowest BCUT2D eigenvalue weighted by Gasteiger charge is -2.08. The Balaban J connectivity index is 2.17. The highest BCUT2D eigenvalue weighted by Crippen LogP contribution is 2.30. The van der Waals surface area contributed by atoms with Crippen molar-refractivity contribution in [2.45, 2.75) is 5.37 Å². The van der Waals surface area contributed by atoms with E-state index >= 15 is 0 Å². The molecule has 4 heteroatoms. The second-order valence-corrected chi connectivity index (χ2v) is 4.34. The minimum Gasteiger partial charge on any atom is -0.339 e. The van der Waals surface area contributed by atoms with E-state index < -0.39 is 0 Å². The molecule has 2 rings (SSSR count). The molecule has 0 unspecified atom stereocenters. The molecule has 1 aliphatic heterocycles. The molecule has 1 saturated heterocycles. The number of thioether (sulfide) groups is 1. The summed E-state index contributed by atoms with van der Waals surface area (Å²) in [7, 11) is 0. The maximum atomic E-state index is 10.9.